The molecule has 0 saturated heterocycles. The molecule has 3 rings (SSSR count). The molecule has 0 aromatic carbocycles. The van der Waals surface area contributed by atoms with E-state index in [1.54, 1.807) is 11.3 Å². The van der Waals surface area contributed by atoms with Crippen LogP contribution in [0.2, 0.25) is 0 Å². The Morgan fingerprint density at radius 1 is 1.48 bits per heavy atom. The molecule has 1 aliphatic rings. The van der Waals surface area contributed by atoms with Crippen molar-refractivity contribution < 1.29 is 0 Å². The number of aromatic nitrogens is 2. The smallest absolute Gasteiger partial charge is 0.259 e. The fourth-order valence-corrected chi connectivity index (χ4v) is 4.36. The van der Waals surface area contributed by atoms with E-state index in [9.17, 15) is 4.79 Å². The van der Waals surface area contributed by atoms with Crippen molar-refractivity contribution in [3.8, 4) is 0 Å². The van der Waals surface area contributed by atoms with Crippen molar-refractivity contribution in [1.82, 2.24) is 15.3 Å². The van der Waals surface area contributed by atoms with E-state index in [-0.39, 0.29) is 5.56 Å². The second-order valence-electron chi connectivity index (χ2n) is 6.57. The monoisotopic (exact) mass is 305 g/mol. The highest BCUT2D eigenvalue weighted by atomic mass is 32.1. The van der Waals surface area contributed by atoms with Gasteiger partial charge in [0.15, 0.2) is 0 Å². The van der Waals surface area contributed by atoms with E-state index in [1.807, 2.05) is 0 Å². The number of thiophene rings is 1. The number of aryl methyl sites for hydroxylation is 1. The molecule has 1 unspecified atom stereocenters. The minimum Gasteiger partial charge on any atom is -0.310 e. The SMILES string of the molecule is CC(C)CNCc1nc2sc3c(c2c(=O)[nH]1)CCC(C)C3. The molecule has 114 valence electrons. The minimum absolute atomic E-state index is 0.0356. The van der Waals surface area contributed by atoms with Crippen LogP contribution in [0.1, 0.15) is 43.5 Å². The number of H-pyrrole nitrogens is 1. The first-order valence-corrected chi connectivity index (χ1v) is 8.60. The lowest BCUT2D eigenvalue weighted by molar-refractivity contribution is 0.509. The maximum absolute atomic E-state index is 12.4. The fraction of sp³-hybridized carbons (Fsp3) is 0.625. The average molecular weight is 305 g/mol. The molecule has 1 atom stereocenters. The lowest BCUT2D eigenvalue weighted by Gasteiger charge is -2.17. The van der Waals surface area contributed by atoms with Gasteiger partial charge in [-0.25, -0.2) is 4.98 Å². The molecular formula is C16H23N3OS. The van der Waals surface area contributed by atoms with Crippen LogP contribution in [0.25, 0.3) is 10.2 Å². The first-order valence-electron chi connectivity index (χ1n) is 7.78. The quantitative estimate of drug-likeness (QED) is 0.913. The summed E-state index contributed by atoms with van der Waals surface area (Å²) in [6.07, 6.45) is 3.29. The van der Waals surface area contributed by atoms with Crippen LogP contribution in [0.4, 0.5) is 0 Å². The van der Waals surface area contributed by atoms with Crippen LogP contribution in [0, 0.1) is 11.8 Å². The molecule has 2 aromatic heterocycles. The summed E-state index contributed by atoms with van der Waals surface area (Å²) in [5.41, 5.74) is 1.29. The fourth-order valence-electron chi connectivity index (χ4n) is 2.96. The molecule has 1 aliphatic carbocycles. The van der Waals surface area contributed by atoms with Gasteiger partial charge in [-0.15, -0.1) is 11.3 Å². The molecule has 0 saturated carbocycles. The van der Waals surface area contributed by atoms with Crippen molar-refractivity contribution in [2.75, 3.05) is 6.54 Å². The topological polar surface area (TPSA) is 57.8 Å². The lowest BCUT2D eigenvalue weighted by atomic mass is 9.89. The van der Waals surface area contributed by atoms with Crippen LogP contribution in [0.5, 0.6) is 0 Å². The molecule has 0 spiro atoms. The van der Waals surface area contributed by atoms with E-state index in [4.69, 9.17) is 0 Å². The summed E-state index contributed by atoms with van der Waals surface area (Å²) in [5.74, 6) is 2.06. The molecule has 21 heavy (non-hydrogen) atoms. The van der Waals surface area contributed by atoms with Crippen LogP contribution in [0.15, 0.2) is 4.79 Å². The van der Waals surface area contributed by atoms with E-state index >= 15 is 0 Å². The molecule has 2 aromatic rings. The summed E-state index contributed by atoms with van der Waals surface area (Å²) in [6, 6.07) is 0. The van der Waals surface area contributed by atoms with Gasteiger partial charge in [-0.3, -0.25) is 4.79 Å². The molecule has 0 fully saturated rings. The second kappa shape index (κ2) is 5.89. The first-order chi connectivity index (χ1) is 10.0. The normalized spacial score (nSPS) is 18.4. The Morgan fingerprint density at radius 2 is 2.29 bits per heavy atom. The number of hydrogen-bond acceptors (Lipinski definition) is 4. The summed E-state index contributed by atoms with van der Waals surface area (Å²) in [5, 5.41) is 4.18. The zero-order valence-corrected chi connectivity index (χ0v) is 13.8. The maximum atomic E-state index is 12.4. The average Bonchev–Trinajstić information content (AvgIpc) is 2.75. The van der Waals surface area contributed by atoms with Gasteiger partial charge >= 0.3 is 0 Å². The number of rotatable bonds is 4. The van der Waals surface area contributed by atoms with Crippen LogP contribution in [-0.4, -0.2) is 16.5 Å². The number of hydrogen-bond donors (Lipinski definition) is 2. The van der Waals surface area contributed by atoms with Crippen LogP contribution in [0.3, 0.4) is 0 Å². The van der Waals surface area contributed by atoms with Gasteiger partial charge in [0, 0.05) is 4.88 Å². The van der Waals surface area contributed by atoms with Crippen LogP contribution in [-0.2, 0) is 19.4 Å². The summed E-state index contributed by atoms with van der Waals surface area (Å²) in [6.45, 7) is 8.18. The maximum Gasteiger partial charge on any atom is 0.259 e. The standard InChI is InChI=1S/C16H23N3OS/c1-9(2)7-17-8-13-18-15(20)14-11-5-4-10(3)6-12(11)21-16(14)19-13/h9-10,17H,4-8H2,1-3H3,(H,18,19,20). The Hall–Kier alpha value is -1.20. The van der Waals surface area contributed by atoms with Crippen molar-refractivity contribution in [2.24, 2.45) is 11.8 Å². The van der Waals surface area contributed by atoms with Crippen molar-refractivity contribution >= 4 is 21.6 Å². The zero-order chi connectivity index (χ0) is 15.0. The van der Waals surface area contributed by atoms with Crippen LogP contribution >= 0.6 is 11.3 Å². The Bertz CT molecular complexity index is 701. The van der Waals surface area contributed by atoms with Gasteiger partial charge in [0.25, 0.3) is 5.56 Å². The van der Waals surface area contributed by atoms with E-state index in [1.165, 1.54) is 16.9 Å². The van der Waals surface area contributed by atoms with Crippen molar-refractivity contribution in [1.29, 1.82) is 0 Å². The van der Waals surface area contributed by atoms with Crippen molar-refractivity contribution in [2.45, 2.75) is 46.6 Å². The molecule has 0 bridgehead atoms. The molecule has 2 heterocycles. The number of aromatic amines is 1. The van der Waals surface area contributed by atoms with Gasteiger partial charge in [-0.2, -0.15) is 0 Å². The number of nitrogens with zero attached hydrogens (tertiary/aromatic N) is 1. The number of fused-ring (bicyclic) bond motifs is 3. The predicted octanol–water partition coefficient (Wildman–Crippen LogP) is 2.86. The zero-order valence-electron chi connectivity index (χ0n) is 13.0. The first kappa shape index (κ1) is 14.7. The third kappa shape index (κ3) is 3.04. The van der Waals surface area contributed by atoms with Gasteiger partial charge in [-0.05, 0) is 43.2 Å². The lowest BCUT2D eigenvalue weighted by Crippen LogP contribution is -2.22. The Morgan fingerprint density at radius 3 is 3.05 bits per heavy atom. The summed E-state index contributed by atoms with van der Waals surface area (Å²) >= 11 is 1.71. The van der Waals surface area contributed by atoms with Crippen molar-refractivity contribution in [3.63, 3.8) is 0 Å². The highest BCUT2D eigenvalue weighted by Crippen LogP contribution is 2.35. The summed E-state index contributed by atoms with van der Waals surface area (Å²) < 4.78 is 0. The molecule has 0 radical (unpaired) electrons. The Labute approximate surface area is 129 Å². The van der Waals surface area contributed by atoms with E-state index in [2.05, 4.69) is 36.1 Å². The van der Waals surface area contributed by atoms with Gasteiger partial charge in [0.05, 0.1) is 11.9 Å². The Kier molecular flexibility index (Phi) is 4.13. The highest BCUT2D eigenvalue weighted by molar-refractivity contribution is 7.18. The third-order valence-electron chi connectivity index (χ3n) is 4.06. The molecule has 0 amide bonds. The molecule has 0 aliphatic heterocycles. The predicted molar refractivity (Wildman–Crippen MR) is 88.0 cm³/mol. The van der Waals surface area contributed by atoms with Gasteiger partial charge in [-0.1, -0.05) is 20.8 Å². The minimum atomic E-state index is 0.0356. The van der Waals surface area contributed by atoms with Crippen molar-refractivity contribution in [3.05, 3.63) is 26.6 Å². The second-order valence-corrected chi connectivity index (χ2v) is 7.65. The summed E-state index contributed by atoms with van der Waals surface area (Å²) in [7, 11) is 0. The molecule has 2 N–H and O–H groups in total. The number of nitrogens with one attached hydrogen (secondary N) is 2. The Balaban J connectivity index is 1.92. The highest BCUT2D eigenvalue weighted by Gasteiger charge is 2.22. The van der Waals surface area contributed by atoms with E-state index in [0.29, 0.717) is 12.5 Å². The van der Waals surface area contributed by atoms with Crippen LogP contribution < -0.4 is 10.9 Å². The molecule has 4 nitrogen and oxygen atoms in total. The van der Waals surface area contributed by atoms with E-state index in [0.717, 1.165) is 41.3 Å². The van der Waals surface area contributed by atoms with Gasteiger partial charge in [0.1, 0.15) is 10.7 Å². The molecule has 5 heteroatoms. The third-order valence-corrected chi connectivity index (χ3v) is 5.21. The van der Waals surface area contributed by atoms with Gasteiger partial charge < -0.3 is 10.3 Å². The van der Waals surface area contributed by atoms with E-state index < -0.39 is 0 Å². The summed E-state index contributed by atoms with van der Waals surface area (Å²) in [4.78, 5) is 22.3. The van der Waals surface area contributed by atoms with Gasteiger partial charge in [0.2, 0.25) is 0 Å². The largest absolute Gasteiger partial charge is 0.310 e. The molecular weight excluding hydrogens is 282 g/mol.